The molecule has 2 aromatic rings. The highest BCUT2D eigenvalue weighted by atomic mass is 35.5. The highest BCUT2D eigenvalue weighted by molar-refractivity contribution is 6.31. The molecule has 19 heavy (non-hydrogen) atoms. The van der Waals surface area contributed by atoms with Crippen LogP contribution in [-0.4, -0.2) is 15.0 Å². The van der Waals surface area contributed by atoms with Gasteiger partial charge in [0.2, 0.25) is 0 Å². The zero-order valence-corrected chi connectivity index (χ0v) is 11.7. The van der Waals surface area contributed by atoms with E-state index in [1.165, 1.54) is 19.3 Å². The number of nitrogens with two attached hydrogens (primary N) is 1. The van der Waals surface area contributed by atoms with Gasteiger partial charge in [0.15, 0.2) is 0 Å². The Kier molecular flexibility index (Phi) is 3.29. The minimum absolute atomic E-state index is 0.436. The van der Waals surface area contributed by atoms with E-state index in [0.29, 0.717) is 12.5 Å². The molecule has 0 aliphatic heterocycles. The standard InChI is InChI=1S/C14H17ClN4/c1-9-5-6-11(7-12(9)15)19-14(10-3-2-4-10)13(8-16)17-18-19/h5-7,10H,2-4,8,16H2,1H3. The van der Waals surface area contributed by atoms with Crippen LogP contribution >= 0.6 is 11.6 Å². The Morgan fingerprint density at radius 3 is 2.79 bits per heavy atom. The Morgan fingerprint density at radius 2 is 2.21 bits per heavy atom. The van der Waals surface area contributed by atoms with Gasteiger partial charge in [-0.25, -0.2) is 4.68 Å². The number of rotatable bonds is 3. The summed E-state index contributed by atoms with van der Waals surface area (Å²) in [5.41, 5.74) is 9.86. The summed E-state index contributed by atoms with van der Waals surface area (Å²) in [6.45, 7) is 2.43. The second-order valence-corrected chi connectivity index (χ2v) is 5.51. The fourth-order valence-electron chi connectivity index (χ4n) is 2.46. The predicted molar refractivity (Wildman–Crippen MR) is 75.6 cm³/mol. The Labute approximate surface area is 117 Å². The molecule has 0 amide bonds. The highest BCUT2D eigenvalue weighted by Gasteiger charge is 2.27. The average molecular weight is 277 g/mol. The van der Waals surface area contributed by atoms with Crippen molar-refractivity contribution >= 4 is 11.6 Å². The van der Waals surface area contributed by atoms with E-state index in [1.54, 1.807) is 0 Å². The molecule has 0 radical (unpaired) electrons. The monoisotopic (exact) mass is 276 g/mol. The molecule has 1 heterocycles. The summed E-state index contributed by atoms with van der Waals surface area (Å²) in [5, 5.41) is 9.22. The Morgan fingerprint density at radius 1 is 1.42 bits per heavy atom. The van der Waals surface area contributed by atoms with Crippen molar-refractivity contribution in [2.75, 3.05) is 0 Å². The van der Waals surface area contributed by atoms with Gasteiger partial charge >= 0.3 is 0 Å². The fourth-order valence-corrected chi connectivity index (χ4v) is 2.64. The molecule has 2 N–H and O–H groups in total. The van der Waals surface area contributed by atoms with E-state index in [2.05, 4.69) is 10.3 Å². The first-order valence-electron chi connectivity index (χ1n) is 6.61. The molecule has 1 fully saturated rings. The number of aromatic nitrogens is 3. The summed E-state index contributed by atoms with van der Waals surface area (Å²) in [5.74, 6) is 0.536. The topological polar surface area (TPSA) is 56.7 Å². The quantitative estimate of drug-likeness (QED) is 0.938. The molecule has 4 nitrogen and oxygen atoms in total. The molecule has 1 aliphatic rings. The lowest BCUT2D eigenvalue weighted by atomic mass is 9.82. The number of halogens is 1. The second kappa shape index (κ2) is 4.94. The minimum Gasteiger partial charge on any atom is -0.325 e. The lowest BCUT2D eigenvalue weighted by molar-refractivity contribution is 0.401. The number of hydrogen-bond acceptors (Lipinski definition) is 3. The van der Waals surface area contributed by atoms with Gasteiger partial charge in [-0.1, -0.05) is 29.3 Å². The van der Waals surface area contributed by atoms with Crippen molar-refractivity contribution in [3.8, 4) is 5.69 Å². The van der Waals surface area contributed by atoms with Gasteiger partial charge in [-0.05, 0) is 37.5 Å². The van der Waals surface area contributed by atoms with Crippen LogP contribution in [0.4, 0.5) is 0 Å². The first-order chi connectivity index (χ1) is 9.20. The van der Waals surface area contributed by atoms with Gasteiger partial charge in [-0.15, -0.1) is 5.10 Å². The van der Waals surface area contributed by atoms with E-state index in [-0.39, 0.29) is 0 Å². The van der Waals surface area contributed by atoms with Crippen LogP contribution in [0, 0.1) is 6.92 Å². The van der Waals surface area contributed by atoms with E-state index < -0.39 is 0 Å². The van der Waals surface area contributed by atoms with E-state index in [0.717, 1.165) is 27.7 Å². The summed E-state index contributed by atoms with van der Waals surface area (Å²) in [7, 11) is 0. The maximum Gasteiger partial charge on any atom is 0.100 e. The third-order valence-corrected chi connectivity index (χ3v) is 4.27. The maximum atomic E-state index is 6.20. The van der Waals surface area contributed by atoms with Gasteiger partial charge in [0, 0.05) is 17.5 Å². The van der Waals surface area contributed by atoms with Gasteiger partial charge in [0.1, 0.15) is 5.69 Å². The summed E-state index contributed by atoms with van der Waals surface area (Å²) in [6, 6.07) is 5.97. The third-order valence-electron chi connectivity index (χ3n) is 3.86. The first-order valence-corrected chi connectivity index (χ1v) is 6.99. The van der Waals surface area contributed by atoms with Crippen LogP contribution in [0.25, 0.3) is 5.69 Å². The molecule has 1 aliphatic carbocycles. The van der Waals surface area contributed by atoms with Crippen molar-refractivity contribution in [3.63, 3.8) is 0 Å². The Balaban J connectivity index is 2.08. The zero-order valence-electron chi connectivity index (χ0n) is 10.9. The van der Waals surface area contributed by atoms with Crippen LogP contribution in [0.5, 0.6) is 0 Å². The van der Waals surface area contributed by atoms with E-state index in [1.807, 2.05) is 29.8 Å². The Bertz CT molecular complexity index is 601. The molecule has 5 heteroatoms. The molecule has 100 valence electrons. The van der Waals surface area contributed by atoms with Gasteiger partial charge in [-0.3, -0.25) is 0 Å². The molecular weight excluding hydrogens is 260 g/mol. The largest absolute Gasteiger partial charge is 0.325 e. The van der Waals surface area contributed by atoms with E-state index in [9.17, 15) is 0 Å². The van der Waals surface area contributed by atoms with Crippen molar-refractivity contribution in [2.24, 2.45) is 5.73 Å². The molecule has 0 saturated heterocycles. The van der Waals surface area contributed by atoms with Crippen LogP contribution in [0.3, 0.4) is 0 Å². The lowest BCUT2D eigenvalue weighted by Gasteiger charge is -2.26. The summed E-state index contributed by atoms with van der Waals surface area (Å²) < 4.78 is 1.90. The van der Waals surface area contributed by atoms with Gasteiger partial charge in [0.05, 0.1) is 11.4 Å². The molecule has 0 spiro atoms. The molecule has 1 aromatic heterocycles. The normalized spacial score (nSPS) is 15.5. The maximum absolute atomic E-state index is 6.20. The van der Waals surface area contributed by atoms with Crippen LogP contribution in [0.1, 0.15) is 42.1 Å². The average Bonchev–Trinajstić information content (AvgIpc) is 2.74. The summed E-state index contributed by atoms with van der Waals surface area (Å²) in [4.78, 5) is 0. The van der Waals surface area contributed by atoms with Gasteiger partial charge < -0.3 is 5.73 Å². The van der Waals surface area contributed by atoms with Gasteiger partial charge in [0.25, 0.3) is 0 Å². The number of benzene rings is 1. The zero-order chi connectivity index (χ0) is 13.4. The van der Waals surface area contributed by atoms with Gasteiger partial charge in [-0.2, -0.15) is 0 Å². The molecule has 0 atom stereocenters. The molecular formula is C14H17ClN4. The SMILES string of the molecule is Cc1ccc(-n2nnc(CN)c2C2CCC2)cc1Cl. The molecule has 3 rings (SSSR count). The van der Waals surface area contributed by atoms with Crippen molar-refractivity contribution in [2.45, 2.75) is 38.6 Å². The number of aryl methyl sites for hydroxylation is 1. The minimum atomic E-state index is 0.436. The van der Waals surface area contributed by atoms with Crippen molar-refractivity contribution in [1.82, 2.24) is 15.0 Å². The molecule has 1 aromatic carbocycles. The molecule has 1 saturated carbocycles. The highest BCUT2D eigenvalue weighted by Crippen LogP contribution is 2.38. The van der Waals surface area contributed by atoms with Crippen molar-refractivity contribution < 1.29 is 0 Å². The van der Waals surface area contributed by atoms with Crippen LogP contribution in [0.2, 0.25) is 5.02 Å². The lowest BCUT2D eigenvalue weighted by Crippen LogP contribution is -2.17. The first kappa shape index (κ1) is 12.6. The number of hydrogen-bond donors (Lipinski definition) is 1. The van der Waals surface area contributed by atoms with Crippen LogP contribution in [-0.2, 0) is 6.54 Å². The van der Waals surface area contributed by atoms with Crippen LogP contribution in [0.15, 0.2) is 18.2 Å². The number of nitrogens with zero attached hydrogens (tertiary/aromatic N) is 3. The smallest absolute Gasteiger partial charge is 0.100 e. The summed E-state index contributed by atoms with van der Waals surface area (Å²) >= 11 is 6.20. The van der Waals surface area contributed by atoms with Crippen molar-refractivity contribution in [3.05, 3.63) is 40.2 Å². The van der Waals surface area contributed by atoms with E-state index in [4.69, 9.17) is 17.3 Å². The molecule has 0 bridgehead atoms. The summed E-state index contributed by atoms with van der Waals surface area (Å²) in [6.07, 6.45) is 3.66. The predicted octanol–water partition coefficient (Wildman–Crippen LogP) is 2.96. The second-order valence-electron chi connectivity index (χ2n) is 5.10. The third kappa shape index (κ3) is 2.15. The van der Waals surface area contributed by atoms with Crippen molar-refractivity contribution in [1.29, 1.82) is 0 Å². The fraction of sp³-hybridized carbons (Fsp3) is 0.429. The molecule has 0 unspecified atom stereocenters. The van der Waals surface area contributed by atoms with E-state index >= 15 is 0 Å². The Hall–Kier alpha value is -1.39. The van der Waals surface area contributed by atoms with Crippen LogP contribution < -0.4 is 5.73 Å².